The van der Waals surface area contributed by atoms with Crippen LogP contribution < -0.4 is 15.5 Å². The van der Waals surface area contributed by atoms with Crippen molar-refractivity contribution in [2.45, 2.75) is 19.1 Å². The number of carbonyl (C=O) groups excluding carboxylic acids is 1. The molecule has 0 saturated heterocycles. The minimum Gasteiger partial charge on any atom is -0.353 e. The summed E-state index contributed by atoms with van der Waals surface area (Å²) in [7, 11) is 2.18. The highest BCUT2D eigenvalue weighted by atomic mass is 35.5. The van der Waals surface area contributed by atoms with Crippen LogP contribution in [0.1, 0.15) is 32.5 Å². The van der Waals surface area contributed by atoms with Crippen LogP contribution in [-0.2, 0) is 13.0 Å². The van der Waals surface area contributed by atoms with Gasteiger partial charge in [0.25, 0.3) is 5.91 Å². The molecule has 1 unspecified atom stereocenters. The quantitative estimate of drug-likeness (QED) is 0.723. The third kappa shape index (κ3) is 2.52. The molecule has 0 radical (unpaired) electrons. The molecule has 23 heavy (non-hydrogen) atoms. The summed E-state index contributed by atoms with van der Waals surface area (Å²) in [5.74, 6) is -0.0446. The number of amides is 1. The zero-order valence-corrected chi connectivity index (χ0v) is 14.8. The maximum absolute atomic E-state index is 12.7. The van der Waals surface area contributed by atoms with Crippen LogP contribution in [0, 0.1) is 0 Å². The summed E-state index contributed by atoms with van der Waals surface area (Å²) < 4.78 is 0. The lowest BCUT2D eigenvalue weighted by atomic mass is 10.0. The van der Waals surface area contributed by atoms with Crippen molar-refractivity contribution in [2.75, 3.05) is 18.9 Å². The number of hydrogen-bond donors (Lipinski definition) is 3. The monoisotopic (exact) mass is 368 g/mol. The van der Waals surface area contributed by atoms with Gasteiger partial charge in [0.1, 0.15) is 17.7 Å². The first kappa shape index (κ1) is 15.3. The van der Waals surface area contributed by atoms with E-state index in [4.69, 9.17) is 23.2 Å². The third-order valence-corrected chi connectivity index (χ3v) is 6.24. The molecule has 0 bridgehead atoms. The SMILES string of the molecule is C[NH+]1CCc2c(sc3c2C(=O)N[C@@H](c2c(Cl)cccc2Cl)N3)C1. The van der Waals surface area contributed by atoms with E-state index in [1.165, 1.54) is 15.3 Å². The molecule has 3 N–H and O–H groups in total. The molecule has 1 amide bonds. The van der Waals surface area contributed by atoms with E-state index in [1.807, 2.05) is 0 Å². The predicted molar refractivity (Wildman–Crippen MR) is 93.8 cm³/mol. The minimum absolute atomic E-state index is 0.0446. The van der Waals surface area contributed by atoms with E-state index < -0.39 is 6.17 Å². The van der Waals surface area contributed by atoms with Gasteiger partial charge in [-0.05, 0) is 17.7 Å². The van der Waals surface area contributed by atoms with Crippen molar-refractivity contribution in [3.8, 4) is 0 Å². The molecule has 120 valence electrons. The Kier molecular flexibility index (Phi) is 3.76. The average molecular weight is 369 g/mol. The van der Waals surface area contributed by atoms with Gasteiger partial charge in [-0.1, -0.05) is 29.3 Å². The molecule has 1 aromatic heterocycles. The number of likely N-dealkylation sites (N-methyl/N-ethyl adjacent to an activating group) is 1. The van der Waals surface area contributed by atoms with Crippen molar-refractivity contribution < 1.29 is 9.69 Å². The molecular weight excluding hydrogens is 353 g/mol. The number of benzene rings is 1. The molecule has 3 heterocycles. The van der Waals surface area contributed by atoms with E-state index in [9.17, 15) is 4.79 Å². The first-order chi connectivity index (χ1) is 11.0. The van der Waals surface area contributed by atoms with Gasteiger partial charge in [-0.15, -0.1) is 11.3 Å². The summed E-state index contributed by atoms with van der Waals surface area (Å²) in [5, 5.41) is 8.42. The van der Waals surface area contributed by atoms with Gasteiger partial charge in [-0.2, -0.15) is 0 Å². The van der Waals surface area contributed by atoms with Crippen LogP contribution in [-0.4, -0.2) is 19.5 Å². The summed E-state index contributed by atoms with van der Waals surface area (Å²) in [4.78, 5) is 15.4. The smallest absolute Gasteiger partial charge is 0.256 e. The lowest BCUT2D eigenvalue weighted by molar-refractivity contribution is -0.895. The minimum atomic E-state index is -0.402. The number of carbonyl (C=O) groups is 1. The van der Waals surface area contributed by atoms with Gasteiger partial charge in [0.05, 0.1) is 24.0 Å². The van der Waals surface area contributed by atoms with E-state index in [1.54, 1.807) is 29.5 Å². The topological polar surface area (TPSA) is 45.6 Å². The molecule has 0 fully saturated rings. The summed E-state index contributed by atoms with van der Waals surface area (Å²) in [6.07, 6.45) is 0.543. The van der Waals surface area contributed by atoms with E-state index in [-0.39, 0.29) is 5.91 Å². The van der Waals surface area contributed by atoms with Gasteiger partial charge in [0, 0.05) is 22.0 Å². The van der Waals surface area contributed by atoms with Gasteiger partial charge in [-0.25, -0.2) is 0 Å². The molecule has 0 aliphatic carbocycles. The van der Waals surface area contributed by atoms with Crippen molar-refractivity contribution >= 4 is 45.4 Å². The Balaban J connectivity index is 1.75. The number of hydrogen-bond acceptors (Lipinski definition) is 3. The highest BCUT2D eigenvalue weighted by Crippen LogP contribution is 2.41. The molecule has 2 aromatic rings. The molecule has 2 aliphatic heterocycles. The van der Waals surface area contributed by atoms with Crippen LogP contribution in [0.15, 0.2) is 18.2 Å². The molecule has 7 heteroatoms. The van der Waals surface area contributed by atoms with Gasteiger partial charge in [-0.3, -0.25) is 4.79 Å². The average Bonchev–Trinajstić information content (AvgIpc) is 2.84. The summed E-state index contributed by atoms with van der Waals surface area (Å²) in [6.45, 7) is 2.03. The molecular formula is C16H16Cl2N3OS+. The molecule has 0 saturated carbocycles. The number of rotatable bonds is 1. The van der Waals surface area contributed by atoms with Crippen molar-refractivity contribution in [3.05, 3.63) is 49.8 Å². The Bertz CT molecular complexity index is 785. The van der Waals surface area contributed by atoms with Gasteiger partial charge in [0.2, 0.25) is 0 Å². The number of thiophene rings is 1. The lowest BCUT2D eigenvalue weighted by Crippen LogP contribution is -3.08. The fraction of sp³-hybridized carbons (Fsp3) is 0.312. The molecule has 4 nitrogen and oxygen atoms in total. The molecule has 4 rings (SSSR count). The van der Waals surface area contributed by atoms with Gasteiger partial charge < -0.3 is 15.5 Å². The zero-order chi connectivity index (χ0) is 16.1. The van der Waals surface area contributed by atoms with Crippen LogP contribution in [0.2, 0.25) is 10.0 Å². The summed E-state index contributed by atoms with van der Waals surface area (Å²) in [6, 6.07) is 5.36. The Morgan fingerprint density at radius 3 is 2.74 bits per heavy atom. The maximum atomic E-state index is 12.7. The van der Waals surface area contributed by atoms with Crippen LogP contribution in [0.25, 0.3) is 0 Å². The summed E-state index contributed by atoms with van der Waals surface area (Å²) in [5.41, 5.74) is 2.71. The number of anilines is 1. The largest absolute Gasteiger partial charge is 0.353 e. The molecule has 1 aromatic carbocycles. The molecule has 2 aliphatic rings. The van der Waals surface area contributed by atoms with Crippen molar-refractivity contribution in [2.24, 2.45) is 0 Å². The molecule has 0 spiro atoms. The van der Waals surface area contributed by atoms with Crippen molar-refractivity contribution in [1.29, 1.82) is 0 Å². The Morgan fingerprint density at radius 2 is 2.00 bits per heavy atom. The van der Waals surface area contributed by atoms with Crippen molar-refractivity contribution in [3.63, 3.8) is 0 Å². The zero-order valence-electron chi connectivity index (χ0n) is 12.5. The van der Waals surface area contributed by atoms with Crippen LogP contribution in [0.3, 0.4) is 0 Å². The number of quaternary nitrogens is 1. The lowest BCUT2D eigenvalue weighted by Gasteiger charge is -2.28. The fourth-order valence-corrected chi connectivity index (χ4v) is 5.27. The van der Waals surface area contributed by atoms with Crippen LogP contribution >= 0.6 is 34.5 Å². The second-order valence-electron chi connectivity index (χ2n) is 6.03. The number of halogens is 2. The second kappa shape index (κ2) is 5.67. The predicted octanol–water partition coefficient (Wildman–Crippen LogP) is 2.48. The van der Waals surface area contributed by atoms with E-state index in [2.05, 4.69) is 17.7 Å². The first-order valence-electron chi connectivity index (χ1n) is 7.51. The Hall–Kier alpha value is -1.27. The number of fused-ring (bicyclic) bond motifs is 3. The maximum Gasteiger partial charge on any atom is 0.256 e. The third-order valence-electron chi connectivity index (χ3n) is 4.42. The van der Waals surface area contributed by atoms with E-state index in [0.29, 0.717) is 15.6 Å². The summed E-state index contributed by atoms with van der Waals surface area (Å²) >= 11 is 14.2. The Morgan fingerprint density at radius 1 is 1.26 bits per heavy atom. The highest BCUT2D eigenvalue weighted by Gasteiger charge is 2.34. The standard InChI is InChI=1S/C16H15Cl2N3OS/c1-21-6-5-8-11(7-21)23-16-12(8)15(22)19-14(20-16)13-9(17)3-2-4-10(13)18/h2-4,14,20H,5-7H2,1H3,(H,19,22)/p+1/t14-/m1/s1. The first-order valence-corrected chi connectivity index (χ1v) is 9.09. The normalized spacial score (nSPS) is 22.8. The van der Waals surface area contributed by atoms with Crippen LogP contribution in [0.4, 0.5) is 5.00 Å². The van der Waals surface area contributed by atoms with Crippen molar-refractivity contribution in [1.82, 2.24) is 5.32 Å². The fourth-order valence-electron chi connectivity index (χ4n) is 3.26. The van der Waals surface area contributed by atoms with Crippen LogP contribution in [0.5, 0.6) is 0 Å². The Labute approximate surface area is 148 Å². The van der Waals surface area contributed by atoms with E-state index >= 15 is 0 Å². The number of nitrogens with one attached hydrogen (secondary N) is 3. The van der Waals surface area contributed by atoms with E-state index in [0.717, 1.165) is 30.1 Å². The van der Waals surface area contributed by atoms with Gasteiger partial charge >= 0.3 is 0 Å². The van der Waals surface area contributed by atoms with Gasteiger partial charge in [0.15, 0.2) is 0 Å². The molecule has 2 atom stereocenters. The highest BCUT2D eigenvalue weighted by molar-refractivity contribution is 7.16. The second-order valence-corrected chi connectivity index (χ2v) is 7.95.